The van der Waals surface area contributed by atoms with Crippen LogP contribution in [0.1, 0.15) is 97.9 Å². The number of amides is 3. The van der Waals surface area contributed by atoms with Gasteiger partial charge in [-0.3, -0.25) is 33.5 Å². The van der Waals surface area contributed by atoms with Gasteiger partial charge in [-0.2, -0.15) is 10.2 Å². The van der Waals surface area contributed by atoms with E-state index in [-0.39, 0.29) is 66.6 Å². The van der Waals surface area contributed by atoms with Gasteiger partial charge in [0.2, 0.25) is 11.8 Å². The van der Waals surface area contributed by atoms with Gasteiger partial charge in [0.1, 0.15) is 24.0 Å². The van der Waals surface area contributed by atoms with E-state index in [4.69, 9.17) is 14.5 Å². The Labute approximate surface area is 360 Å². The third-order valence-corrected chi connectivity index (χ3v) is 13.5. The van der Waals surface area contributed by atoms with Crippen molar-refractivity contribution in [3.8, 4) is 11.8 Å². The normalized spacial score (nSPS) is 24.4. The molecule has 19 heteroatoms. The van der Waals surface area contributed by atoms with Crippen molar-refractivity contribution < 1.29 is 32.6 Å². The zero-order valence-electron chi connectivity index (χ0n) is 34.9. The molecule has 17 nitrogen and oxygen atoms in total. The lowest BCUT2D eigenvalue weighted by molar-refractivity contribution is -0.135. The Morgan fingerprint density at radius 3 is 2.62 bits per heavy atom. The number of carbonyl (C=O) groups excluding carboxylic acids is 3. The first-order chi connectivity index (χ1) is 30.6. The topological polar surface area (TPSA) is 175 Å². The molecule has 4 aromatic heterocycles. The molecule has 5 aliphatic rings. The molecule has 0 radical (unpaired) electrons. The molecule has 10 rings (SSSR count). The highest BCUT2D eigenvalue weighted by Crippen LogP contribution is 2.36. The number of nitrogens with one attached hydrogen (secondary N) is 2. The molecule has 0 spiro atoms. The van der Waals surface area contributed by atoms with E-state index >= 15 is 0 Å². The number of aromatic nitrogens is 7. The van der Waals surface area contributed by atoms with Gasteiger partial charge in [0.15, 0.2) is 11.3 Å². The summed E-state index contributed by atoms with van der Waals surface area (Å²) >= 11 is 0. The fourth-order valence-electron chi connectivity index (χ4n) is 10.1. The van der Waals surface area contributed by atoms with Gasteiger partial charge in [-0.05, 0) is 81.5 Å². The van der Waals surface area contributed by atoms with E-state index < -0.39 is 30.0 Å². The molecule has 2 N–H and O–H groups in total. The molecule has 5 fully saturated rings. The Kier molecular flexibility index (Phi) is 11.1. The van der Waals surface area contributed by atoms with Gasteiger partial charge >= 0.3 is 5.69 Å². The van der Waals surface area contributed by atoms with E-state index in [0.717, 1.165) is 82.5 Å². The minimum atomic E-state index is -2.86. The van der Waals surface area contributed by atoms with Crippen molar-refractivity contribution >= 4 is 45.9 Å². The van der Waals surface area contributed by atoms with Crippen LogP contribution in [0.4, 0.5) is 20.3 Å². The standard InChI is InChI=1S/C44H49F2N11O6/c1-52-36-19-26(6-9-34(36)57(44(52)61)35-10-11-38(58)50-43(35)60)3-2-18-62-30-12-15-53(16-13-30)22-27-4-7-28(8-5-27)56-24-33(39(51-56)40(45)46)48-42(59)32-21-47-55-17-14-37(49-41(32)55)54-23-31-20-29(54)25-63-31/h6,9,14,17,19,21,24,27-31,35,40H,4-5,7-8,10-13,15-16,18,20,22-23,25H2,1H3,(H,48,59)(H,50,58,60)/t27?,28?,29-,31-,35?/m1/s1. The van der Waals surface area contributed by atoms with Gasteiger partial charge in [-0.1, -0.05) is 11.8 Å². The highest BCUT2D eigenvalue weighted by molar-refractivity contribution is 6.08. The van der Waals surface area contributed by atoms with Crippen molar-refractivity contribution in [2.75, 3.05) is 49.6 Å². The SMILES string of the molecule is Cn1c(=O)n(C2CCC(=O)NC2=O)c2ccc(C#CCOC3CCN(CC4CCC(n5cc(NC(=O)c6cnn7ccc(N8C[C@H]9C[C@@H]8CO9)nc67)c(C(F)F)n5)CC4)CC3)cc21. The first-order valence-electron chi connectivity index (χ1n) is 21.8. The van der Waals surface area contributed by atoms with Crippen LogP contribution < -0.4 is 21.2 Å². The van der Waals surface area contributed by atoms with E-state index in [1.165, 1.54) is 26.0 Å². The number of aryl methyl sites for hydroxylation is 1. The fourth-order valence-corrected chi connectivity index (χ4v) is 10.1. The smallest absolute Gasteiger partial charge is 0.329 e. The summed E-state index contributed by atoms with van der Waals surface area (Å²) in [4.78, 5) is 60.2. The Balaban J connectivity index is 0.688. The van der Waals surface area contributed by atoms with Crippen molar-refractivity contribution in [2.24, 2.45) is 13.0 Å². The third-order valence-electron chi connectivity index (χ3n) is 13.5. The molecule has 4 aliphatic heterocycles. The molecule has 2 bridgehead atoms. The van der Waals surface area contributed by atoms with Gasteiger partial charge in [0, 0.05) is 57.6 Å². The number of piperidine rings is 2. The largest absolute Gasteiger partial charge is 0.374 e. The summed E-state index contributed by atoms with van der Waals surface area (Å²) in [6.07, 6.45) is 8.84. The number of benzene rings is 1. The number of morpholine rings is 1. The number of fused-ring (bicyclic) bond motifs is 4. The number of ether oxygens (including phenoxy) is 2. The number of likely N-dealkylation sites (tertiary alicyclic amines) is 1. The maximum absolute atomic E-state index is 14.3. The number of anilines is 2. The minimum Gasteiger partial charge on any atom is -0.374 e. The Bertz CT molecular complexity index is 2700. The predicted octanol–water partition coefficient (Wildman–Crippen LogP) is 3.99. The summed E-state index contributed by atoms with van der Waals surface area (Å²) in [5.74, 6) is 6.10. The molecule has 1 aliphatic carbocycles. The Morgan fingerprint density at radius 1 is 1.05 bits per heavy atom. The van der Waals surface area contributed by atoms with Crippen LogP contribution in [-0.2, 0) is 26.1 Å². The summed E-state index contributed by atoms with van der Waals surface area (Å²) in [6, 6.07) is 6.76. The van der Waals surface area contributed by atoms with Crippen molar-refractivity contribution in [3.05, 3.63) is 70.2 Å². The van der Waals surface area contributed by atoms with Crippen molar-refractivity contribution in [3.63, 3.8) is 0 Å². The highest BCUT2D eigenvalue weighted by Gasteiger charge is 2.40. The zero-order valence-corrected chi connectivity index (χ0v) is 34.9. The fraction of sp³-hybridized carbons (Fsp3) is 0.523. The van der Waals surface area contributed by atoms with Crippen LogP contribution in [0.2, 0.25) is 0 Å². The van der Waals surface area contributed by atoms with Crippen molar-refractivity contribution in [1.82, 2.24) is 43.7 Å². The number of hydrogen-bond donors (Lipinski definition) is 2. The van der Waals surface area contributed by atoms with Crippen molar-refractivity contribution in [2.45, 2.75) is 94.5 Å². The molecule has 1 unspecified atom stereocenters. The lowest BCUT2D eigenvalue weighted by Crippen LogP contribution is -2.44. The predicted molar refractivity (Wildman–Crippen MR) is 226 cm³/mol. The average Bonchev–Trinajstić information content (AvgIpc) is 4.13. The van der Waals surface area contributed by atoms with Crippen LogP contribution in [0.3, 0.4) is 0 Å². The number of halogens is 2. The third kappa shape index (κ3) is 8.11. The maximum Gasteiger partial charge on any atom is 0.329 e. The molecule has 330 valence electrons. The number of hydrogen-bond acceptors (Lipinski definition) is 11. The molecule has 63 heavy (non-hydrogen) atoms. The molecular formula is C44H49F2N11O6. The van der Waals surface area contributed by atoms with E-state index in [0.29, 0.717) is 29.2 Å². The monoisotopic (exact) mass is 865 g/mol. The molecule has 3 atom stereocenters. The van der Waals surface area contributed by atoms with Gasteiger partial charge in [-0.25, -0.2) is 23.1 Å². The van der Waals surface area contributed by atoms with E-state index in [1.807, 2.05) is 18.2 Å². The van der Waals surface area contributed by atoms with E-state index in [9.17, 15) is 28.0 Å². The number of alkyl halides is 2. The Morgan fingerprint density at radius 2 is 1.87 bits per heavy atom. The summed E-state index contributed by atoms with van der Waals surface area (Å²) < 4.78 is 46.5. The molecule has 3 amide bonds. The average molecular weight is 866 g/mol. The number of nitrogens with zero attached hydrogens (tertiary/aromatic N) is 9. The van der Waals surface area contributed by atoms with Crippen LogP contribution in [0, 0.1) is 17.8 Å². The zero-order chi connectivity index (χ0) is 43.4. The molecule has 5 aromatic rings. The van der Waals surface area contributed by atoms with E-state index in [1.54, 1.807) is 24.0 Å². The highest BCUT2D eigenvalue weighted by atomic mass is 19.3. The summed E-state index contributed by atoms with van der Waals surface area (Å²) in [7, 11) is 1.66. The molecular weight excluding hydrogens is 817 g/mol. The van der Waals surface area contributed by atoms with Gasteiger partial charge < -0.3 is 24.6 Å². The van der Waals surface area contributed by atoms with Crippen LogP contribution in [-0.4, -0.2) is 114 Å². The molecule has 4 saturated heterocycles. The summed E-state index contributed by atoms with van der Waals surface area (Å²) in [5, 5.41) is 13.6. The number of rotatable bonds is 10. The van der Waals surface area contributed by atoms with Crippen molar-refractivity contribution in [1.29, 1.82) is 0 Å². The lowest BCUT2D eigenvalue weighted by Gasteiger charge is -2.36. The minimum absolute atomic E-state index is 0.00783. The lowest BCUT2D eigenvalue weighted by atomic mass is 9.85. The van der Waals surface area contributed by atoms with E-state index in [2.05, 4.69) is 42.5 Å². The Hall–Kier alpha value is -5.97. The van der Waals surface area contributed by atoms with Crippen LogP contribution >= 0.6 is 0 Å². The summed E-state index contributed by atoms with van der Waals surface area (Å²) in [5.41, 5.74) is 1.77. The number of carbonyl (C=O) groups is 3. The molecule has 1 aromatic carbocycles. The van der Waals surface area contributed by atoms with Crippen LogP contribution in [0.5, 0.6) is 0 Å². The first-order valence-corrected chi connectivity index (χ1v) is 21.8. The summed E-state index contributed by atoms with van der Waals surface area (Å²) in [6.45, 7) is 4.47. The van der Waals surface area contributed by atoms with Crippen LogP contribution in [0.25, 0.3) is 16.7 Å². The second-order valence-electron chi connectivity index (χ2n) is 17.4. The van der Waals surface area contributed by atoms with Crippen LogP contribution in [0.15, 0.2) is 47.7 Å². The van der Waals surface area contributed by atoms with Gasteiger partial charge in [-0.15, -0.1) is 0 Å². The quantitative estimate of drug-likeness (QED) is 0.154. The van der Waals surface area contributed by atoms with Gasteiger partial charge in [0.05, 0.1) is 53.8 Å². The maximum atomic E-state index is 14.3. The number of imide groups is 1. The second-order valence-corrected chi connectivity index (χ2v) is 17.4. The number of imidazole rings is 1. The molecule has 8 heterocycles. The first kappa shape index (κ1) is 41.1. The van der Waals surface area contributed by atoms with Gasteiger partial charge in [0.25, 0.3) is 12.3 Å². The second kappa shape index (κ2) is 17.0. The molecule has 1 saturated carbocycles.